The third-order valence-corrected chi connectivity index (χ3v) is 10.5. The fraction of sp³-hybridized carbons (Fsp3) is 0.297. The zero-order valence-electron chi connectivity index (χ0n) is 23.6. The van der Waals surface area contributed by atoms with Crippen LogP contribution in [0.1, 0.15) is 60.8 Å². The molecule has 4 heteroatoms. The average Bonchev–Trinajstić information content (AvgIpc) is 3.71. The quantitative estimate of drug-likeness (QED) is 0.235. The maximum Gasteiger partial charge on any atom is 0.306 e. The van der Waals surface area contributed by atoms with Crippen LogP contribution in [0.25, 0.3) is 22.3 Å². The number of ether oxygens (including phenoxy) is 2. The second-order valence-corrected chi connectivity index (χ2v) is 11.8. The third-order valence-electron chi connectivity index (χ3n) is 10.5. The fourth-order valence-corrected chi connectivity index (χ4v) is 9.17. The molecule has 41 heavy (non-hydrogen) atoms. The van der Waals surface area contributed by atoms with Crippen molar-refractivity contribution >= 4 is 11.9 Å². The van der Waals surface area contributed by atoms with Gasteiger partial charge in [-0.05, 0) is 62.8 Å². The maximum absolute atomic E-state index is 13.7. The van der Waals surface area contributed by atoms with Crippen molar-refractivity contribution in [3.05, 3.63) is 119 Å². The largest absolute Gasteiger partial charge is 0.469 e. The Morgan fingerprint density at radius 2 is 0.829 bits per heavy atom. The van der Waals surface area contributed by atoms with Crippen LogP contribution in [0.2, 0.25) is 0 Å². The predicted molar refractivity (Wildman–Crippen MR) is 159 cm³/mol. The fourth-order valence-electron chi connectivity index (χ4n) is 9.17. The van der Waals surface area contributed by atoms with Crippen LogP contribution in [0.4, 0.5) is 0 Å². The molecule has 0 aromatic heterocycles. The average molecular weight is 543 g/mol. The summed E-state index contributed by atoms with van der Waals surface area (Å²) in [5.41, 5.74) is 7.28. The highest BCUT2D eigenvalue weighted by molar-refractivity contribution is 5.90. The van der Waals surface area contributed by atoms with Crippen molar-refractivity contribution < 1.29 is 19.1 Å². The summed E-state index contributed by atoms with van der Waals surface area (Å²) in [7, 11) is 2.96. The van der Waals surface area contributed by atoms with Gasteiger partial charge in [0.05, 0.1) is 27.1 Å². The van der Waals surface area contributed by atoms with Gasteiger partial charge in [-0.1, -0.05) is 110 Å². The van der Waals surface area contributed by atoms with Crippen LogP contribution in [0.3, 0.4) is 0 Å². The Bertz CT molecular complexity index is 1470. The molecule has 3 aliphatic rings. The Hall–Kier alpha value is -4.18. The van der Waals surface area contributed by atoms with Gasteiger partial charge in [-0.25, -0.2) is 0 Å². The van der Waals surface area contributed by atoms with Crippen LogP contribution in [-0.4, -0.2) is 26.2 Å². The Kier molecular flexibility index (Phi) is 5.93. The lowest BCUT2D eigenvalue weighted by atomic mass is 9.43. The van der Waals surface area contributed by atoms with Gasteiger partial charge in [0.15, 0.2) is 0 Å². The summed E-state index contributed by atoms with van der Waals surface area (Å²) in [5, 5.41) is 0. The van der Waals surface area contributed by atoms with Gasteiger partial charge in [0.25, 0.3) is 0 Å². The van der Waals surface area contributed by atoms with E-state index in [4.69, 9.17) is 9.47 Å². The molecular formula is C37H34O4. The van der Waals surface area contributed by atoms with Gasteiger partial charge in [0.2, 0.25) is 0 Å². The van der Waals surface area contributed by atoms with Crippen LogP contribution >= 0.6 is 0 Å². The number of methoxy groups -OCH3 is 2. The van der Waals surface area contributed by atoms with E-state index in [0.717, 1.165) is 70.2 Å². The Balaban J connectivity index is 1.67. The molecule has 0 bridgehead atoms. The van der Waals surface area contributed by atoms with Gasteiger partial charge in [-0.15, -0.1) is 0 Å². The number of hydrogen-bond acceptors (Lipinski definition) is 4. The molecule has 0 heterocycles. The number of hydrogen-bond donors (Lipinski definition) is 0. The smallest absolute Gasteiger partial charge is 0.306 e. The molecule has 206 valence electrons. The summed E-state index contributed by atoms with van der Waals surface area (Å²) >= 11 is 0. The number of carbonyl (C=O) groups is 2. The summed E-state index contributed by atoms with van der Waals surface area (Å²) in [4.78, 5) is 27.3. The van der Waals surface area contributed by atoms with E-state index < -0.39 is 16.2 Å². The minimum atomic E-state index is -0.720. The Morgan fingerprint density at radius 1 is 0.537 bits per heavy atom. The topological polar surface area (TPSA) is 52.6 Å². The van der Waals surface area contributed by atoms with Gasteiger partial charge in [-0.3, -0.25) is 9.59 Å². The first-order chi connectivity index (χ1) is 20.0. The van der Waals surface area contributed by atoms with E-state index in [-0.39, 0.29) is 24.8 Å². The third kappa shape index (κ3) is 3.22. The monoisotopic (exact) mass is 542 g/mol. The summed E-state index contributed by atoms with van der Waals surface area (Å²) in [6.07, 6.45) is 4.16. The van der Waals surface area contributed by atoms with Crippen LogP contribution < -0.4 is 0 Å². The van der Waals surface area contributed by atoms with E-state index in [1.165, 1.54) is 14.2 Å². The summed E-state index contributed by atoms with van der Waals surface area (Å²) in [6, 6.07) is 34.2. The molecule has 0 radical (unpaired) electrons. The molecular weight excluding hydrogens is 508 g/mol. The van der Waals surface area contributed by atoms with Crippen molar-refractivity contribution in [2.45, 2.75) is 49.4 Å². The standard InChI is InChI=1S/C37H34O4/c1-40-33(38)23-36(29-17-7-3-13-25(29)26-14-4-8-18-30(26)36)35(21-11-12-22-35)37(24-34(39)41-2)31-19-9-5-15-27(31)28-16-6-10-20-32(28)37/h3-10,13-20H,11-12,21-24H2,1-2H3. The zero-order valence-corrected chi connectivity index (χ0v) is 23.6. The first-order valence-corrected chi connectivity index (χ1v) is 14.6. The van der Waals surface area contributed by atoms with Crippen molar-refractivity contribution in [2.24, 2.45) is 5.41 Å². The molecule has 0 unspecified atom stereocenters. The van der Waals surface area contributed by atoms with Gasteiger partial charge in [0.1, 0.15) is 0 Å². The number of esters is 2. The second kappa shape index (κ2) is 9.44. The number of carbonyl (C=O) groups excluding carboxylic acids is 2. The minimum absolute atomic E-state index is 0.199. The second-order valence-electron chi connectivity index (χ2n) is 11.8. The van der Waals surface area contributed by atoms with Crippen molar-refractivity contribution in [3.63, 3.8) is 0 Å². The van der Waals surface area contributed by atoms with Crippen molar-refractivity contribution in [2.75, 3.05) is 14.2 Å². The van der Waals surface area contributed by atoms with Gasteiger partial charge in [-0.2, -0.15) is 0 Å². The zero-order chi connectivity index (χ0) is 28.2. The van der Waals surface area contributed by atoms with Crippen molar-refractivity contribution in [3.8, 4) is 22.3 Å². The first kappa shape index (κ1) is 25.8. The number of rotatable bonds is 6. The highest BCUT2D eigenvalue weighted by atomic mass is 16.5. The number of benzene rings is 4. The SMILES string of the molecule is COC(=O)CC1(C2(C3(CC(=O)OC)c4ccccc4-c4ccccc43)CCCC2)c2ccccc2-c2ccccc21. The lowest BCUT2D eigenvalue weighted by molar-refractivity contribution is -0.145. The molecule has 4 aromatic carbocycles. The Labute approximate surface area is 241 Å². The predicted octanol–water partition coefficient (Wildman–Crippen LogP) is 7.61. The van der Waals surface area contributed by atoms with Crippen LogP contribution in [0, 0.1) is 5.41 Å². The molecule has 0 spiro atoms. The Morgan fingerprint density at radius 3 is 1.12 bits per heavy atom. The van der Waals surface area contributed by atoms with E-state index >= 15 is 0 Å². The summed E-state index contributed by atoms with van der Waals surface area (Å²) < 4.78 is 11.0. The van der Waals surface area contributed by atoms with E-state index in [1.54, 1.807) is 0 Å². The summed E-state index contributed by atoms with van der Waals surface area (Å²) in [5.74, 6) is -0.480. The van der Waals surface area contributed by atoms with E-state index in [2.05, 4.69) is 97.1 Å². The van der Waals surface area contributed by atoms with Crippen LogP contribution in [0.5, 0.6) is 0 Å². The molecule has 0 saturated heterocycles. The van der Waals surface area contributed by atoms with Gasteiger partial charge in [0, 0.05) is 10.8 Å². The lowest BCUT2D eigenvalue weighted by Gasteiger charge is -2.58. The number of fused-ring (bicyclic) bond motifs is 6. The van der Waals surface area contributed by atoms with Crippen molar-refractivity contribution in [1.29, 1.82) is 0 Å². The molecule has 0 amide bonds. The van der Waals surface area contributed by atoms with Gasteiger partial charge >= 0.3 is 11.9 Å². The minimum Gasteiger partial charge on any atom is -0.469 e. The van der Waals surface area contributed by atoms with Crippen LogP contribution in [-0.2, 0) is 29.9 Å². The first-order valence-electron chi connectivity index (χ1n) is 14.6. The van der Waals surface area contributed by atoms with Gasteiger partial charge < -0.3 is 9.47 Å². The van der Waals surface area contributed by atoms with Crippen molar-refractivity contribution in [1.82, 2.24) is 0 Å². The molecule has 4 nitrogen and oxygen atoms in total. The van der Waals surface area contributed by atoms with Crippen LogP contribution in [0.15, 0.2) is 97.1 Å². The highest BCUT2D eigenvalue weighted by Crippen LogP contribution is 2.74. The van der Waals surface area contributed by atoms with E-state index in [0.29, 0.717) is 0 Å². The lowest BCUT2D eigenvalue weighted by Crippen LogP contribution is -2.58. The molecule has 1 saturated carbocycles. The molecule has 0 aliphatic heterocycles. The molecule has 0 N–H and O–H groups in total. The highest BCUT2D eigenvalue weighted by Gasteiger charge is 2.70. The molecule has 0 atom stereocenters. The summed E-state index contributed by atoms with van der Waals surface area (Å²) in [6.45, 7) is 0. The van der Waals surface area contributed by atoms with E-state index in [9.17, 15) is 9.59 Å². The maximum atomic E-state index is 13.7. The molecule has 3 aliphatic carbocycles. The normalized spacial score (nSPS) is 18.1. The molecule has 4 aromatic rings. The van der Waals surface area contributed by atoms with E-state index in [1.807, 2.05) is 0 Å². The molecule has 1 fully saturated rings. The molecule has 7 rings (SSSR count).